The van der Waals surface area contributed by atoms with E-state index in [0.29, 0.717) is 17.5 Å². The van der Waals surface area contributed by atoms with Crippen molar-refractivity contribution in [3.63, 3.8) is 0 Å². The largest absolute Gasteiger partial charge is 0.253 e. The number of pyridine rings is 1. The van der Waals surface area contributed by atoms with Gasteiger partial charge < -0.3 is 0 Å². The van der Waals surface area contributed by atoms with E-state index in [9.17, 15) is 0 Å². The molecule has 0 fully saturated rings. The van der Waals surface area contributed by atoms with Crippen molar-refractivity contribution in [3.05, 3.63) is 132 Å². The van der Waals surface area contributed by atoms with Gasteiger partial charge >= 0.3 is 0 Å². The van der Waals surface area contributed by atoms with E-state index in [1.54, 1.807) is 6.20 Å². The minimum Gasteiger partial charge on any atom is -0.253 e. The quantitative estimate of drug-likeness (QED) is 0.232. The molecule has 0 spiro atoms. The molecule has 2 aliphatic carbocycles. The molecule has 0 N–H and O–H groups in total. The number of hydrogen-bond donors (Lipinski definition) is 0. The van der Waals surface area contributed by atoms with Crippen molar-refractivity contribution in [2.75, 3.05) is 0 Å². The molecule has 8 rings (SSSR count). The van der Waals surface area contributed by atoms with Crippen LogP contribution in [0.25, 0.3) is 56.5 Å². The summed E-state index contributed by atoms with van der Waals surface area (Å²) in [5.41, 5.74) is 13.7. The molecule has 0 saturated heterocycles. The van der Waals surface area contributed by atoms with E-state index in [1.165, 1.54) is 44.5 Å². The monoisotopic (exact) mass is 528 g/mol. The fraction of sp³-hybridized carbons (Fsp3) is 0.135. The highest BCUT2D eigenvalue weighted by molar-refractivity contribution is 5.87. The fourth-order valence-electron chi connectivity index (χ4n) is 6.55. The highest BCUT2D eigenvalue weighted by Gasteiger charge is 2.36. The summed E-state index contributed by atoms with van der Waals surface area (Å²) in [5.74, 6) is 1.89. The van der Waals surface area contributed by atoms with Crippen LogP contribution in [0.3, 0.4) is 0 Å². The molecule has 2 aromatic heterocycles. The molecule has 2 heterocycles. The fourth-order valence-corrected chi connectivity index (χ4v) is 6.55. The normalized spacial score (nSPS) is 14.1. The molecule has 41 heavy (non-hydrogen) atoms. The van der Waals surface area contributed by atoms with E-state index < -0.39 is 0 Å². The lowest BCUT2D eigenvalue weighted by atomic mass is 9.78. The topological polar surface area (TPSA) is 51.6 Å². The first-order chi connectivity index (χ1) is 20.1. The molecule has 4 heteroatoms. The van der Waals surface area contributed by atoms with E-state index in [-0.39, 0.29) is 5.41 Å². The highest BCUT2D eigenvalue weighted by atomic mass is 15.0. The van der Waals surface area contributed by atoms with E-state index in [1.807, 2.05) is 48.5 Å². The molecule has 4 aromatic carbocycles. The van der Waals surface area contributed by atoms with Gasteiger partial charge in [0.05, 0.1) is 0 Å². The van der Waals surface area contributed by atoms with Crippen LogP contribution in [0, 0.1) is 0 Å². The second-order valence-electron chi connectivity index (χ2n) is 11.5. The number of rotatable bonds is 3. The lowest BCUT2D eigenvalue weighted by molar-refractivity contribution is 0.660. The van der Waals surface area contributed by atoms with Crippen molar-refractivity contribution in [2.45, 2.75) is 32.1 Å². The number of benzene rings is 4. The lowest BCUT2D eigenvalue weighted by Gasteiger charge is -2.26. The molecular weight excluding hydrogens is 500 g/mol. The molecule has 2 aliphatic rings. The zero-order chi connectivity index (χ0) is 27.6. The van der Waals surface area contributed by atoms with Crippen LogP contribution >= 0.6 is 0 Å². The third-order valence-corrected chi connectivity index (χ3v) is 8.69. The van der Waals surface area contributed by atoms with Crippen LogP contribution in [0.5, 0.6) is 0 Å². The van der Waals surface area contributed by atoms with Gasteiger partial charge in [-0.05, 0) is 81.6 Å². The van der Waals surface area contributed by atoms with Crippen molar-refractivity contribution in [2.24, 2.45) is 0 Å². The molecule has 6 aromatic rings. The predicted octanol–water partition coefficient (Wildman–Crippen LogP) is 8.34. The Morgan fingerprint density at radius 2 is 1.22 bits per heavy atom. The third kappa shape index (κ3) is 3.82. The van der Waals surface area contributed by atoms with E-state index >= 15 is 0 Å². The summed E-state index contributed by atoms with van der Waals surface area (Å²) < 4.78 is 0. The predicted molar refractivity (Wildman–Crippen MR) is 164 cm³/mol. The molecule has 0 unspecified atom stereocenters. The summed E-state index contributed by atoms with van der Waals surface area (Å²) in [6.07, 6.45) is 3.78. The van der Waals surface area contributed by atoms with Crippen molar-refractivity contribution in [1.82, 2.24) is 19.9 Å². The molecule has 0 amide bonds. The van der Waals surface area contributed by atoms with Crippen molar-refractivity contribution >= 4 is 0 Å². The Morgan fingerprint density at radius 3 is 2.02 bits per heavy atom. The molecular formula is C37H28N4. The van der Waals surface area contributed by atoms with Crippen molar-refractivity contribution < 1.29 is 0 Å². The number of nitrogens with zero attached hydrogens (tertiary/aromatic N) is 4. The molecule has 196 valence electrons. The summed E-state index contributed by atoms with van der Waals surface area (Å²) in [6, 6.07) is 36.4. The zero-order valence-electron chi connectivity index (χ0n) is 23.1. The van der Waals surface area contributed by atoms with Crippen LogP contribution in [0.1, 0.15) is 36.1 Å². The van der Waals surface area contributed by atoms with Gasteiger partial charge in [-0.15, -0.1) is 0 Å². The van der Waals surface area contributed by atoms with Gasteiger partial charge in [-0.2, -0.15) is 0 Å². The lowest BCUT2D eigenvalue weighted by Crippen LogP contribution is -2.15. The van der Waals surface area contributed by atoms with Crippen LogP contribution in [0.4, 0.5) is 0 Å². The zero-order valence-corrected chi connectivity index (χ0v) is 23.1. The minimum atomic E-state index is -0.0148. The summed E-state index contributed by atoms with van der Waals surface area (Å²) in [7, 11) is 0. The minimum absolute atomic E-state index is 0.0148. The van der Waals surface area contributed by atoms with Gasteiger partial charge in [0.15, 0.2) is 17.5 Å². The first kappa shape index (κ1) is 23.9. The highest BCUT2D eigenvalue weighted by Crippen LogP contribution is 2.51. The van der Waals surface area contributed by atoms with Crippen LogP contribution in [-0.2, 0) is 18.3 Å². The Bertz CT molecular complexity index is 1900. The van der Waals surface area contributed by atoms with Gasteiger partial charge in [0.25, 0.3) is 0 Å². The number of fused-ring (bicyclic) bond motifs is 6. The van der Waals surface area contributed by atoms with E-state index in [4.69, 9.17) is 15.0 Å². The number of hydrogen-bond acceptors (Lipinski definition) is 4. The maximum Gasteiger partial charge on any atom is 0.182 e. The number of aromatic nitrogens is 4. The third-order valence-electron chi connectivity index (χ3n) is 8.69. The molecule has 0 saturated carbocycles. The Labute approximate surface area is 239 Å². The van der Waals surface area contributed by atoms with Crippen LogP contribution in [-0.4, -0.2) is 19.9 Å². The molecule has 0 bridgehead atoms. The average Bonchev–Trinajstić information content (AvgIpc) is 3.26. The molecule has 0 atom stereocenters. The summed E-state index contributed by atoms with van der Waals surface area (Å²) in [6.45, 7) is 4.70. The van der Waals surface area contributed by atoms with E-state index in [0.717, 1.165) is 29.7 Å². The Morgan fingerprint density at radius 1 is 0.512 bits per heavy atom. The van der Waals surface area contributed by atoms with Crippen LogP contribution < -0.4 is 0 Å². The van der Waals surface area contributed by atoms with Gasteiger partial charge in [0.2, 0.25) is 0 Å². The van der Waals surface area contributed by atoms with Crippen molar-refractivity contribution in [1.29, 1.82) is 0 Å². The first-order valence-corrected chi connectivity index (χ1v) is 14.2. The first-order valence-electron chi connectivity index (χ1n) is 14.2. The average molecular weight is 529 g/mol. The standard InChI is InChI=1S/C37H28N4/c1-37(2)31-13-7-6-12-28(31)30-21-25-16-15-24-20-26(17-18-27(24)29(25)22-32(30)37)35-39-34(23-10-4-3-5-11-23)40-36(41-35)33-14-8-9-19-38-33/h3-14,17-22H,15-16H2,1-2H3. The smallest absolute Gasteiger partial charge is 0.182 e. The second-order valence-corrected chi connectivity index (χ2v) is 11.5. The van der Waals surface area contributed by atoms with Crippen LogP contribution in [0.2, 0.25) is 0 Å². The van der Waals surface area contributed by atoms with Gasteiger partial charge in [0.1, 0.15) is 5.69 Å². The SMILES string of the molecule is CC1(C)c2ccccc2-c2cc3c(cc21)-c1ccc(-c2nc(-c4ccccc4)nc(-c4ccccn4)n2)cc1CC3. The van der Waals surface area contributed by atoms with Gasteiger partial charge in [0, 0.05) is 22.7 Å². The Hall–Kier alpha value is -4.96. The molecule has 0 aliphatic heterocycles. The van der Waals surface area contributed by atoms with Gasteiger partial charge in [-0.3, -0.25) is 4.98 Å². The van der Waals surface area contributed by atoms with Gasteiger partial charge in [-0.1, -0.05) is 92.7 Å². The van der Waals surface area contributed by atoms with Gasteiger partial charge in [-0.25, -0.2) is 15.0 Å². The Kier molecular flexibility index (Phi) is 5.26. The Balaban J connectivity index is 1.24. The van der Waals surface area contributed by atoms with Crippen LogP contribution in [0.15, 0.2) is 109 Å². The summed E-state index contributed by atoms with van der Waals surface area (Å²) >= 11 is 0. The van der Waals surface area contributed by atoms with Crippen molar-refractivity contribution in [3.8, 4) is 56.5 Å². The second kappa shape index (κ2) is 9.03. The molecule has 4 nitrogen and oxygen atoms in total. The summed E-state index contributed by atoms with van der Waals surface area (Å²) in [5, 5.41) is 0. The maximum atomic E-state index is 4.93. The maximum absolute atomic E-state index is 4.93. The number of aryl methyl sites for hydroxylation is 2. The summed E-state index contributed by atoms with van der Waals surface area (Å²) in [4.78, 5) is 19.1. The van der Waals surface area contributed by atoms with E-state index in [2.05, 4.69) is 73.4 Å². The molecule has 0 radical (unpaired) electrons.